The van der Waals surface area contributed by atoms with Crippen molar-refractivity contribution in [1.82, 2.24) is 9.88 Å². The third-order valence-electron chi connectivity index (χ3n) is 4.66. The summed E-state index contributed by atoms with van der Waals surface area (Å²) in [6.07, 6.45) is -0.764. The van der Waals surface area contributed by atoms with Crippen molar-refractivity contribution in [2.24, 2.45) is 5.92 Å². The van der Waals surface area contributed by atoms with Gasteiger partial charge in [-0.15, -0.1) is 0 Å². The third-order valence-corrected chi connectivity index (χ3v) is 4.66. The van der Waals surface area contributed by atoms with Gasteiger partial charge in [-0.05, 0) is 48.6 Å². The smallest absolute Gasteiger partial charge is 0.325 e. The Hall–Kier alpha value is -2.64. The number of hydrogen-bond donors (Lipinski definition) is 1. The lowest BCUT2D eigenvalue weighted by atomic mass is 9.99. The zero-order valence-electron chi connectivity index (χ0n) is 14.7. The van der Waals surface area contributed by atoms with Gasteiger partial charge in [0.25, 0.3) is 0 Å². The van der Waals surface area contributed by atoms with Crippen molar-refractivity contribution in [3.05, 3.63) is 48.0 Å². The van der Waals surface area contributed by atoms with E-state index in [-0.39, 0.29) is 22.8 Å². The van der Waals surface area contributed by atoms with Crippen molar-refractivity contribution in [3.63, 3.8) is 0 Å². The second kappa shape index (κ2) is 7.54. The van der Waals surface area contributed by atoms with Crippen LogP contribution >= 0.6 is 0 Å². The number of piperidine rings is 1. The third kappa shape index (κ3) is 4.56. The molecule has 1 fully saturated rings. The molecule has 2 amide bonds. The standard InChI is InChI=1S/C19H19F4N3O/c1-12-4-6-26(7-5-12)18(27)25-15-2-3-17(19(21,22)23)16(9-15)13-8-14(20)11-24-10-13/h2-3,8-12H,4-7H2,1H3,(H,25,27). The number of benzene rings is 1. The highest BCUT2D eigenvalue weighted by Gasteiger charge is 2.34. The Balaban J connectivity index is 1.89. The Labute approximate surface area is 154 Å². The molecule has 0 unspecified atom stereocenters. The molecule has 0 aliphatic carbocycles. The molecule has 1 aliphatic heterocycles. The molecular formula is C19H19F4N3O. The maximum Gasteiger partial charge on any atom is 0.417 e. The van der Waals surface area contributed by atoms with Crippen LogP contribution in [0.15, 0.2) is 36.7 Å². The quantitative estimate of drug-likeness (QED) is 0.730. The molecule has 0 atom stereocenters. The number of likely N-dealkylation sites (tertiary alicyclic amines) is 1. The maximum atomic E-state index is 13.4. The number of rotatable bonds is 2. The zero-order chi connectivity index (χ0) is 19.6. The lowest BCUT2D eigenvalue weighted by molar-refractivity contribution is -0.137. The Kier molecular flexibility index (Phi) is 5.34. The van der Waals surface area contributed by atoms with Gasteiger partial charge in [-0.25, -0.2) is 9.18 Å². The molecule has 1 aliphatic rings. The number of halogens is 4. The van der Waals surface area contributed by atoms with Gasteiger partial charge in [0.2, 0.25) is 0 Å². The van der Waals surface area contributed by atoms with E-state index in [1.165, 1.54) is 12.1 Å². The van der Waals surface area contributed by atoms with Gasteiger partial charge in [-0.1, -0.05) is 6.92 Å². The molecular weight excluding hydrogens is 362 g/mol. The SMILES string of the molecule is CC1CCN(C(=O)Nc2ccc(C(F)(F)F)c(-c3cncc(F)c3)c2)CC1. The Morgan fingerprint density at radius 2 is 1.89 bits per heavy atom. The Morgan fingerprint density at radius 1 is 1.19 bits per heavy atom. The first-order chi connectivity index (χ1) is 12.7. The predicted molar refractivity (Wildman–Crippen MR) is 93.6 cm³/mol. The van der Waals surface area contributed by atoms with Crippen LogP contribution in [0.25, 0.3) is 11.1 Å². The number of amides is 2. The van der Waals surface area contributed by atoms with Crippen LogP contribution in [0.5, 0.6) is 0 Å². The van der Waals surface area contributed by atoms with E-state index in [4.69, 9.17) is 0 Å². The first-order valence-corrected chi connectivity index (χ1v) is 8.62. The molecule has 2 aromatic rings. The van der Waals surface area contributed by atoms with Gasteiger partial charge in [0.15, 0.2) is 0 Å². The molecule has 1 saturated heterocycles. The van der Waals surface area contributed by atoms with E-state index in [2.05, 4.69) is 17.2 Å². The fourth-order valence-electron chi connectivity index (χ4n) is 3.08. The first kappa shape index (κ1) is 19.1. The summed E-state index contributed by atoms with van der Waals surface area (Å²) in [4.78, 5) is 17.6. The number of aromatic nitrogens is 1. The average molecular weight is 381 g/mol. The molecule has 1 aromatic heterocycles. The number of urea groups is 1. The highest BCUT2D eigenvalue weighted by molar-refractivity contribution is 5.90. The summed E-state index contributed by atoms with van der Waals surface area (Å²) in [6, 6.07) is 3.90. The van der Waals surface area contributed by atoms with E-state index in [9.17, 15) is 22.4 Å². The van der Waals surface area contributed by atoms with Crippen LogP contribution in [0.2, 0.25) is 0 Å². The minimum atomic E-state index is -4.62. The molecule has 0 bridgehead atoms. The molecule has 0 spiro atoms. The highest BCUT2D eigenvalue weighted by atomic mass is 19.4. The maximum absolute atomic E-state index is 13.4. The van der Waals surface area contributed by atoms with Crippen LogP contribution in [-0.4, -0.2) is 29.0 Å². The lowest BCUT2D eigenvalue weighted by Gasteiger charge is -2.30. The number of anilines is 1. The molecule has 27 heavy (non-hydrogen) atoms. The molecule has 0 radical (unpaired) electrons. The number of pyridine rings is 1. The van der Waals surface area contributed by atoms with Crippen LogP contribution in [0, 0.1) is 11.7 Å². The van der Waals surface area contributed by atoms with Gasteiger partial charge in [0, 0.05) is 30.5 Å². The summed E-state index contributed by atoms with van der Waals surface area (Å²) in [6.45, 7) is 3.33. The fourth-order valence-corrected chi connectivity index (χ4v) is 3.08. The van der Waals surface area contributed by atoms with Crippen LogP contribution in [0.4, 0.5) is 28.0 Å². The van der Waals surface area contributed by atoms with E-state index in [1.807, 2.05) is 0 Å². The number of alkyl halides is 3. The van der Waals surface area contributed by atoms with Crippen molar-refractivity contribution >= 4 is 11.7 Å². The van der Waals surface area contributed by atoms with Gasteiger partial charge < -0.3 is 10.2 Å². The molecule has 1 aromatic carbocycles. The number of carbonyl (C=O) groups excluding carboxylic acids is 1. The van der Waals surface area contributed by atoms with E-state index in [0.717, 1.165) is 37.4 Å². The Morgan fingerprint density at radius 3 is 2.52 bits per heavy atom. The van der Waals surface area contributed by atoms with Gasteiger partial charge in [-0.3, -0.25) is 4.98 Å². The van der Waals surface area contributed by atoms with Crippen LogP contribution in [0.1, 0.15) is 25.3 Å². The average Bonchev–Trinajstić information content (AvgIpc) is 2.61. The second-order valence-corrected chi connectivity index (χ2v) is 6.75. The van der Waals surface area contributed by atoms with Crippen LogP contribution in [0.3, 0.4) is 0 Å². The minimum absolute atomic E-state index is 0.00905. The van der Waals surface area contributed by atoms with Gasteiger partial charge >= 0.3 is 12.2 Å². The second-order valence-electron chi connectivity index (χ2n) is 6.75. The number of nitrogens with one attached hydrogen (secondary N) is 1. The molecule has 4 nitrogen and oxygen atoms in total. The van der Waals surface area contributed by atoms with Crippen molar-refractivity contribution in [3.8, 4) is 11.1 Å². The lowest BCUT2D eigenvalue weighted by Crippen LogP contribution is -2.40. The van der Waals surface area contributed by atoms with Crippen molar-refractivity contribution in [2.75, 3.05) is 18.4 Å². The van der Waals surface area contributed by atoms with Gasteiger partial charge in [0.1, 0.15) is 5.82 Å². The largest absolute Gasteiger partial charge is 0.417 e. The van der Waals surface area contributed by atoms with Crippen LogP contribution < -0.4 is 5.32 Å². The Bertz CT molecular complexity index is 830. The van der Waals surface area contributed by atoms with Crippen molar-refractivity contribution < 1.29 is 22.4 Å². The summed E-state index contributed by atoms with van der Waals surface area (Å²) >= 11 is 0. The van der Waals surface area contributed by atoms with Crippen LogP contribution in [-0.2, 0) is 6.18 Å². The van der Waals surface area contributed by atoms with Gasteiger partial charge in [0.05, 0.1) is 11.8 Å². The predicted octanol–water partition coefficient (Wildman–Crippen LogP) is 5.17. The monoisotopic (exact) mass is 381 g/mol. The zero-order valence-corrected chi connectivity index (χ0v) is 14.7. The van der Waals surface area contributed by atoms with E-state index < -0.39 is 17.6 Å². The van der Waals surface area contributed by atoms with E-state index >= 15 is 0 Å². The normalized spacial score (nSPS) is 15.7. The van der Waals surface area contributed by atoms with E-state index in [1.54, 1.807) is 4.90 Å². The van der Waals surface area contributed by atoms with Crippen molar-refractivity contribution in [2.45, 2.75) is 25.9 Å². The summed E-state index contributed by atoms with van der Waals surface area (Å²) in [5.41, 5.74) is -0.949. The minimum Gasteiger partial charge on any atom is -0.325 e. The molecule has 144 valence electrons. The molecule has 3 rings (SSSR count). The van der Waals surface area contributed by atoms with Crippen molar-refractivity contribution in [1.29, 1.82) is 0 Å². The molecule has 0 saturated carbocycles. The highest BCUT2D eigenvalue weighted by Crippen LogP contribution is 2.38. The van der Waals surface area contributed by atoms with E-state index in [0.29, 0.717) is 19.0 Å². The summed E-state index contributed by atoms with van der Waals surface area (Å²) < 4.78 is 53.5. The fraction of sp³-hybridized carbons (Fsp3) is 0.368. The summed E-state index contributed by atoms with van der Waals surface area (Å²) in [5, 5.41) is 2.64. The summed E-state index contributed by atoms with van der Waals surface area (Å²) in [7, 11) is 0. The number of carbonyl (C=O) groups is 1. The molecule has 1 N–H and O–H groups in total. The van der Waals surface area contributed by atoms with Gasteiger partial charge in [-0.2, -0.15) is 13.2 Å². The summed E-state index contributed by atoms with van der Waals surface area (Å²) in [5.74, 6) is -0.190. The number of nitrogens with zero attached hydrogens (tertiary/aromatic N) is 2. The topological polar surface area (TPSA) is 45.2 Å². The molecule has 8 heteroatoms. The molecule has 2 heterocycles. The first-order valence-electron chi connectivity index (χ1n) is 8.62. The number of hydrogen-bond acceptors (Lipinski definition) is 2.